The van der Waals surface area contributed by atoms with Crippen molar-refractivity contribution >= 4 is 0 Å². The van der Waals surface area contributed by atoms with Gasteiger partial charge in [0.1, 0.15) is 0 Å². The van der Waals surface area contributed by atoms with Crippen molar-refractivity contribution in [3.63, 3.8) is 0 Å². The second-order valence-corrected chi connectivity index (χ2v) is 3.12. The summed E-state index contributed by atoms with van der Waals surface area (Å²) in [6.45, 7) is 6.99. The molecule has 0 aliphatic heterocycles. The lowest BCUT2D eigenvalue weighted by Gasteiger charge is -1.99. The average molecular weight is 167 g/mol. The zero-order valence-electron chi connectivity index (χ0n) is 8.40. The van der Waals surface area contributed by atoms with Gasteiger partial charge in [0.05, 0.1) is 0 Å². The number of allylic oxidation sites excluding steroid dienone is 2. The lowest BCUT2D eigenvalue weighted by atomic mass is 10.1. The largest absolute Gasteiger partial charge is 0.319 e. The Kier molecular flexibility index (Phi) is 8.14. The van der Waals surface area contributed by atoms with E-state index >= 15 is 0 Å². The minimum atomic E-state index is 1.08. The Hall–Kier alpha value is -0.560. The lowest BCUT2D eigenvalue weighted by molar-refractivity contribution is 0.787. The molecule has 0 rings (SSSR count). The summed E-state index contributed by atoms with van der Waals surface area (Å²) in [7, 11) is 1.99. The Morgan fingerprint density at radius 3 is 2.75 bits per heavy atom. The molecule has 0 amide bonds. The molecule has 0 aromatic rings. The first kappa shape index (κ1) is 11.4. The smallest absolute Gasteiger partial charge is 0.00172 e. The molecule has 0 heterocycles. The van der Waals surface area contributed by atoms with Crippen LogP contribution in [0.2, 0.25) is 0 Å². The molecule has 0 aromatic carbocycles. The number of nitrogens with one attached hydrogen (secondary N) is 1. The Balaban J connectivity index is 3.35. The van der Waals surface area contributed by atoms with Crippen LogP contribution < -0.4 is 5.32 Å². The number of rotatable bonds is 7. The summed E-state index contributed by atoms with van der Waals surface area (Å²) in [5, 5.41) is 3.13. The third-order valence-electron chi connectivity index (χ3n) is 1.87. The van der Waals surface area contributed by atoms with Crippen LogP contribution in [-0.2, 0) is 0 Å². The van der Waals surface area contributed by atoms with E-state index in [4.69, 9.17) is 0 Å². The van der Waals surface area contributed by atoms with Gasteiger partial charge in [-0.05, 0) is 46.2 Å². The molecule has 0 aliphatic rings. The van der Waals surface area contributed by atoms with Gasteiger partial charge in [-0.1, -0.05) is 17.7 Å². The van der Waals surface area contributed by atoms with Gasteiger partial charge in [-0.3, -0.25) is 0 Å². The van der Waals surface area contributed by atoms with Crippen LogP contribution in [0.15, 0.2) is 24.3 Å². The van der Waals surface area contributed by atoms with Crippen molar-refractivity contribution in [1.29, 1.82) is 0 Å². The van der Waals surface area contributed by atoms with E-state index in [1.54, 1.807) is 0 Å². The van der Waals surface area contributed by atoms with Gasteiger partial charge < -0.3 is 5.32 Å². The first-order valence-electron chi connectivity index (χ1n) is 4.72. The van der Waals surface area contributed by atoms with Gasteiger partial charge in [-0.2, -0.15) is 0 Å². The van der Waals surface area contributed by atoms with Crippen LogP contribution in [0.5, 0.6) is 0 Å². The zero-order chi connectivity index (χ0) is 9.23. The summed E-state index contributed by atoms with van der Waals surface area (Å²) in [6.07, 6.45) is 9.05. The molecule has 0 aromatic heterocycles. The monoisotopic (exact) mass is 167 g/mol. The second kappa shape index (κ2) is 8.54. The molecule has 0 spiro atoms. The van der Waals surface area contributed by atoms with Gasteiger partial charge in [-0.25, -0.2) is 0 Å². The van der Waals surface area contributed by atoms with Gasteiger partial charge >= 0.3 is 0 Å². The van der Waals surface area contributed by atoms with Crippen LogP contribution in [-0.4, -0.2) is 13.6 Å². The summed E-state index contributed by atoms with van der Waals surface area (Å²) in [4.78, 5) is 0. The Bertz CT molecular complexity index is 136. The minimum absolute atomic E-state index is 1.08. The van der Waals surface area contributed by atoms with Crippen molar-refractivity contribution in [3.8, 4) is 0 Å². The van der Waals surface area contributed by atoms with Crippen LogP contribution in [0.3, 0.4) is 0 Å². The molecule has 1 heteroatoms. The van der Waals surface area contributed by atoms with Crippen molar-refractivity contribution < 1.29 is 0 Å². The highest BCUT2D eigenvalue weighted by molar-refractivity contribution is 4.98. The number of hydrogen-bond donors (Lipinski definition) is 1. The fraction of sp³-hybridized carbons (Fsp3) is 0.636. The maximum atomic E-state index is 3.70. The second-order valence-electron chi connectivity index (χ2n) is 3.12. The summed E-state index contributed by atoms with van der Waals surface area (Å²) in [6, 6.07) is 0. The van der Waals surface area contributed by atoms with Crippen LogP contribution >= 0.6 is 0 Å². The molecule has 0 fully saturated rings. The SMILES string of the molecule is C=CCCCC(C)=CCCNC. The first-order chi connectivity index (χ1) is 5.81. The van der Waals surface area contributed by atoms with Crippen molar-refractivity contribution in [1.82, 2.24) is 5.32 Å². The van der Waals surface area contributed by atoms with Gasteiger partial charge in [-0.15, -0.1) is 6.58 Å². The predicted molar refractivity (Wildman–Crippen MR) is 56.3 cm³/mol. The Morgan fingerprint density at radius 1 is 1.42 bits per heavy atom. The maximum Gasteiger partial charge on any atom is -0.00172 e. The molecule has 1 nitrogen and oxygen atoms in total. The van der Waals surface area contributed by atoms with Crippen LogP contribution in [0.1, 0.15) is 32.6 Å². The molecule has 0 unspecified atom stereocenters. The first-order valence-corrected chi connectivity index (χ1v) is 4.72. The molecule has 0 bridgehead atoms. The topological polar surface area (TPSA) is 12.0 Å². The molecule has 70 valence electrons. The van der Waals surface area contributed by atoms with Crippen LogP contribution in [0.4, 0.5) is 0 Å². The third-order valence-corrected chi connectivity index (χ3v) is 1.87. The predicted octanol–water partition coefficient (Wildman–Crippen LogP) is 2.90. The summed E-state index contributed by atoms with van der Waals surface area (Å²) in [5.41, 5.74) is 1.51. The molecule has 0 saturated carbocycles. The normalized spacial score (nSPS) is 11.7. The quantitative estimate of drug-likeness (QED) is 0.454. The Morgan fingerprint density at radius 2 is 2.17 bits per heavy atom. The maximum absolute atomic E-state index is 3.70. The van der Waals surface area contributed by atoms with Crippen molar-refractivity contribution in [3.05, 3.63) is 24.3 Å². The average Bonchev–Trinajstić information content (AvgIpc) is 2.06. The van der Waals surface area contributed by atoms with E-state index in [9.17, 15) is 0 Å². The van der Waals surface area contributed by atoms with Crippen LogP contribution in [0.25, 0.3) is 0 Å². The van der Waals surface area contributed by atoms with Crippen molar-refractivity contribution in [2.45, 2.75) is 32.6 Å². The van der Waals surface area contributed by atoms with E-state index in [1.807, 2.05) is 13.1 Å². The van der Waals surface area contributed by atoms with Crippen molar-refractivity contribution in [2.24, 2.45) is 0 Å². The lowest BCUT2D eigenvalue weighted by Crippen LogP contribution is -2.06. The highest BCUT2D eigenvalue weighted by Crippen LogP contribution is 2.06. The molecule has 12 heavy (non-hydrogen) atoms. The van der Waals surface area contributed by atoms with Crippen molar-refractivity contribution in [2.75, 3.05) is 13.6 Å². The van der Waals surface area contributed by atoms with Gasteiger partial charge in [0.15, 0.2) is 0 Å². The van der Waals surface area contributed by atoms with E-state index in [2.05, 4.69) is 24.9 Å². The summed E-state index contributed by atoms with van der Waals surface area (Å²) in [5.74, 6) is 0. The van der Waals surface area contributed by atoms with E-state index in [1.165, 1.54) is 18.4 Å². The number of hydrogen-bond acceptors (Lipinski definition) is 1. The zero-order valence-corrected chi connectivity index (χ0v) is 8.40. The molecule has 0 saturated heterocycles. The number of unbranched alkanes of at least 4 members (excludes halogenated alkanes) is 1. The molecule has 0 radical (unpaired) electrons. The van der Waals surface area contributed by atoms with E-state index in [-0.39, 0.29) is 0 Å². The fourth-order valence-electron chi connectivity index (χ4n) is 1.09. The van der Waals surface area contributed by atoms with Gasteiger partial charge in [0.2, 0.25) is 0 Å². The molecular weight excluding hydrogens is 146 g/mol. The van der Waals surface area contributed by atoms with Gasteiger partial charge in [0.25, 0.3) is 0 Å². The van der Waals surface area contributed by atoms with Gasteiger partial charge in [0, 0.05) is 0 Å². The highest BCUT2D eigenvalue weighted by Gasteiger charge is 1.88. The summed E-state index contributed by atoms with van der Waals surface area (Å²) >= 11 is 0. The molecular formula is C11H21N. The Labute approximate surface area is 76.6 Å². The highest BCUT2D eigenvalue weighted by atomic mass is 14.8. The molecule has 0 atom stereocenters. The molecule has 1 N–H and O–H groups in total. The van der Waals surface area contributed by atoms with E-state index < -0.39 is 0 Å². The van der Waals surface area contributed by atoms with E-state index in [0.29, 0.717) is 0 Å². The van der Waals surface area contributed by atoms with E-state index in [0.717, 1.165) is 19.4 Å². The minimum Gasteiger partial charge on any atom is -0.319 e. The standard InChI is InChI=1S/C11H21N/c1-4-5-6-8-11(2)9-7-10-12-3/h4,9,12H,1,5-8,10H2,2-3H3. The molecule has 0 aliphatic carbocycles. The summed E-state index contributed by atoms with van der Waals surface area (Å²) < 4.78 is 0. The van der Waals surface area contributed by atoms with Crippen LogP contribution in [0, 0.1) is 0 Å². The third kappa shape index (κ3) is 7.55. The fourth-order valence-corrected chi connectivity index (χ4v) is 1.09.